The maximum absolute atomic E-state index is 12.8. The first-order valence-electron chi connectivity index (χ1n) is 5.18. The van der Waals surface area contributed by atoms with Crippen LogP contribution in [0, 0.1) is 0 Å². The summed E-state index contributed by atoms with van der Waals surface area (Å²) in [7, 11) is 0. The van der Waals surface area contributed by atoms with Gasteiger partial charge in [0.05, 0.1) is 22.7 Å². The number of halogens is 4. The fourth-order valence-electron chi connectivity index (χ4n) is 1.64. The lowest BCUT2D eigenvalue weighted by Crippen LogP contribution is -2.43. The molecule has 1 aromatic rings. The molecule has 1 fully saturated rings. The van der Waals surface area contributed by atoms with Crippen LogP contribution in [0.25, 0.3) is 0 Å². The average molecular weight is 324 g/mol. The van der Waals surface area contributed by atoms with Gasteiger partial charge in [-0.15, -0.1) is 0 Å². The second-order valence-corrected chi connectivity index (χ2v) is 4.84. The Kier molecular flexibility index (Phi) is 3.63. The van der Waals surface area contributed by atoms with Crippen molar-refractivity contribution < 1.29 is 22.8 Å². The summed E-state index contributed by atoms with van der Waals surface area (Å²) < 4.78 is 38.5. The van der Waals surface area contributed by atoms with Crippen LogP contribution in [-0.4, -0.2) is 17.3 Å². The Morgan fingerprint density at radius 2 is 2.00 bits per heavy atom. The highest BCUT2D eigenvalue weighted by atomic mass is 79.9. The largest absolute Gasteiger partial charge is 0.418 e. The Hall–Kier alpha value is -1.08. The van der Waals surface area contributed by atoms with Gasteiger partial charge in [-0.2, -0.15) is 18.2 Å². The van der Waals surface area contributed by atoms with Gasteiger partial charge in [-0.3, -0.25) is 9.63 Å². The van der Waals surface area contributed by atoms with E-state index in [1.807, 2.05) is 0 Å². The van der Waals surface area contributed by atoms with E-state index in [-0.39, 0.29) is 12.3 Å². The molecule has 1 atom stereocenters. The highest BCUT2D eigenvalue weighted by Crippen LogP contribution is 2.37. The smallest absolute Gasteiger partial charge is 0.271 e. The second-order valence-electron chi connectivity index (χ2n) is 3.74. The second kappa shape index (κ2) is 4.89. The van der Waals surface area contributed by atoms with Gasteiger partial charge in [0.25, 0.3) is 5.91 Å². The first-order chi connectivity index (χ1) is 8.41. The van der Waals surface area contributed by atoms with E-state index >= 15 is 0 Å². The van der Waals surface area contributed by atoms with Crippen LogP contribution in [0.3, 0.4) is 0 Å². The number of carbonyl (C=O) groups is 1. The summed E-state index contributed by atoms with van der Waals surface area (Å²) in [6.45, 7) is 0.188. The van der Waals surface area contributed by atoms with Gasteiger partial charge in [0.15, 0.2) is 0 Å². The van der Waals surface area contributed by atoms with Crippen LogP contribution in [0.4, 0.5) is 18.9 Å². The molecule has 0 radical (unpaired) electrons. The van der Waals surface area contributed by atoms with E-state index in [0.717, 1.165) is 6.07 Å². The number of rotatable bonds is 1. The van der Waals surface area contributed by atoms with Crippen LogP contribution in [0.1, 0.15) is 12.0 Å². The molecule has 2 rings (SSSR count). The lowest BCUT2D eigenvalue weighted by Gasteiger charge is -2.30. The van der Waals surface area contributed by atoms with Crippen LogP contribution in [0.5, 0.6) is 0 Å². The molecule has 1 aliphatic rings. The van der Waals surface area contributed by atoms with Gasteiger partial charge in [-0.05, 0) is 18.6 Å². The van der Waals surface area contributed by atoms with Gasteiger partial charge in [0.2, 0.25) is 0 Å². The summed E-state index contributed by atoms with van der Waals surface area (Å²) in [5, 5.41) is 0.714. The van der Waals surface area contributed by atoms with Gasteiger partial charge in [0.1, 0.15) is 0 Å². The molecule has 3 nitrogen and oxygen atoms in total. The predicted octanol–water partition coefficient (Wildman–Crippen LogP) is 3.14. The van der Waals surface area contributed by atoms with Crippen LogP contribution in [0.15, 0.2) is 24.3 Å². The number of anilines is 1. The minimum Gasteiger partial charge on any atom is -0.271 e. The number of alkyl halides is 4. The number of hydroxylamine groups is 1. The van der Waals surface area contributed by atoms with E-state index < -0.39 is 22.5 Å². The van der Waals surface area contributed by atoms with Crippen molar-refractivity contribution in [2.24, 2.45) is 0 Å². The van der Waals surface area contributed by atoms with E-state index in [0.29, 0.717) is 11.5 Å². The highest BCUT2D eigenvalue weighted by Gasteiger charge is 2.38. The van der Waals surface area contributed by atoms with E-state index in [2.05, 4.69) is 15.9 Å². The van der Waals surface area contributed by atoms with Crippen molar-refractivity contribution in [1.82, 2.24) is 0 Å². The Morgan fingerprint density at radius 1 is 1.33 bits per heavy atom. The maximum Gasteiger partial charge on any atom is 0.418 e. The molecule has 1 saturated heterocycles. The molecule has 0 aliphatic carbocycles. The Labute approximate surface area is 110 Å². The summed E-state index contributed by atoms with van der Waals surface area (Å²) in [6.07, 6.45) is -4.09. The zero-order valence-corrected chi connectivity index (χ0v) is 10.7. The van der Waals surface area contributed by atoms with E-state index in [1.165, 1.54) is 18.2 Å². The number of nitrogens with zero attached hydrogens (tertiary/aromatic N) is 1. The SMILES string of the molecule is O=C1C(Br)CCON1c1ccccc1C(F)(F)F. The molecule has 1 aromatic carbocycles. The van der Waals surface area contributed by atoms with Crippen molar-refractivity contribution in [3.8, 4) is 0 Å². The van der Waals surface area contributed by atoms with Gasteiger partial charge in [-0.1, -0.05) is 28.1 Å². The molecular weight excluding hydrogens is 315 g/mol. The van der Waals surface area contributed by atoms with E-state index in [4.69, 9.17) is 4.84 Å². The Bertz CT molecular complexity index is 464. The molecule has 0 aromatic heterocycles. The highest BCUT2D eigenvalue weighted by molar-refractivity contribution is 9.10. The molecular formula is C11H9BrF3NO2. The van der Waals surface area contributed by atoms with Gasteiger partial charge in [0, 0.05) is 0 Å². The molecule has 7 heteroatoms. The van der Waals surface area contributed by atoms with Crippen molar-refractivity contribution in [2.75, 3.05) is 11.7 Å². The summed E-state index contributed by atoms with van der Waals surface area (Å²) in [5.74, 6) is -0.530. The summed E-state index contributed by atoms with van der Waals surface area (Å²) >= 11 is 3.11. The van der Waals surface area contributed by atoms with Crippen LogP contribution in [0.2, 0.25) is 0 Å². The molecule has 1 aliphatic heterocycles. The number of hydrogen-bond acceptors (Lipinski definition) is 2. The molecule has 0 spiro atoms. The molecule has 1 amide bonds. The quantitative estimate of drug-likeness (QED) is 0.743. The zero-order valence-electron chi connectivity index (χ0n) is 9.08. The normalized spacial score (nSPS) is 21.2. The molecule has 0 bridgehead atoms. The lowest BCUT2D eigenvalue weighted by atomic mass is 10.1. The van der Waals surface area contributed by atoms with Gasteiger partial charge in [-0.25, -0.2) is 0 Å². The minimum atomic E-state index is -4.53. The first kappa shape index (κ1) is 13.4. The van der Waals surface area contributed by atoms with E-state index in [1.54, 1.807) is 0 Å². The van der Waals surface area contributed by atoms with E-state index in [9.17, 15) is 18.0 Å². The number of hydrogen-bond donors (Lipinski definition) is 0. The first-order valence-corrected chi connectivity index (χ1v) is 6.10. The molecule has 98 valence electrons. The molecule has 18 heavy (non-hydrogen) atoms. The van der Waals surface area contributed by atoms with Crippen LogP contribution < -0.4 is 5.06 Å². The number of benzene rings is 1. The summed E-state index contributed by atoms with van der Waals surface area (Å²) in [6, 6.07) is 4.83. The van der Waals surface area contributed by atoms with Crippen molar-refractivity contribution in [3.05, 3.63) is 29.8 Å². The lowest BCUT2D eigenvalue weighted by molar-refractivity contribution is -0.138. The number of carbonyl (C=O) groups excluding carboxylic acids is 1. The fraction of sp³-hybridized carbons (Fsp3) is 0.364. The van der Waals surface area contributed by atoms with Crippen molar-refractivity contribution in [1.29, 1.82) is 0 Å². The summed E-state index contributed by atoms with van der Waals surface area (Å²) in [4.78, 5) is 16.3. The number of amides is 1. The van der Waals surface area contributed by atoms with Crippen molar-refractivity contribution in [3.63, 3.8) is 0 Å². The third-order valence-electron chi connectivity index (χ3n) is 2.49. The Balaban J connectivity index is 2.42. The van der Waals surface area contributed by atoms with Gasteiger partial charge < -0.3 is 0 Å². The fourth-order valence-corrected chi connectivity index (χ4v) is 2.01. The topological polar surface area (TPSA) is 29.5 Å². The van der Waals surface area contributed by atoms with Crippen molar-refractivity contribution in [2.45, 2.75) is 17.4 Å². The third-order valence-corrected chi connectivity index (χ3v) is 3.34. The monoisotopic (exact) mass is 323 g/mol. The Morgan fingerprint density at radius 3 is 2.67 bits per heavy atom. The minimum absolute atomic E-state index is 0.188. The van der Waals surface area contributed by atoms with Crippen molar-refractivity contribution >= 4 is 27.5 Å². The molecule has 0 N–H and O–H groups in total. The number of para-hydroxylation sites is 1. The maximum atomic E-state index is 12.8. The molecule has 1 unspecified atom stereocenters. The van der Waals surface area contributed by atoms with Crippen LogP contribution >= 0.6 is 15.9 Å². The van der Waals surface area contributed by atoms with Crippen LogP contribution in [-0.2, 0) is 15.8 Å². The predicted molar refractivity (Wildman–Crippen MR) is 62.2 cm³/mol. The third kappa shape index (κ3) is 2.51. The van der Waals surface area contributed by atoms with Gasteiger partial charge >= 0.3 is 6.18 Å². The zero-order chi connectivity index (χ0) is 13.3. The standard InChI is InChI=1S/C11H9BrF3NO2/c12-8-5-6-18-16(10(8)17)9-4-2-1-3-7(9)11(13,14)15/h1-4,8H,5-6H2. The molecule has 0 saturated carbocycles. The summed E-state index contributed by atoms with van der Waals surface area (Å²) in [5.41, 5.74) is -1.17. The average Bonchev–Trinajstić information content (AvgIpc) is 2.32. The molecule has 1 heterocycles.